The molecule has 2 heterocycles. The minimum absolute atomic E-state index is 0. The fourth-order valence-electron chi connectivity index (χ4n) is 3.57. The zero-order valence-electron chi connectivity index (χ0n) is 26.0. The van der Waals surface area contributed by atoms with E-state index in [1.165, 1.54) is 0 Å². The number of hydrogen-bond donors (Lipinski definition) is 10. The normalized spacial score (nSPS) is 28.1. The first kappa shape index (κ1) is 63.4. The van der Waals surface area contributed by atoms with Crippen molar-refractivity contribution in [1.82, 2.24) is 0 Å². The summed E-state index contributed by atoms with van der Waals surface area (Å²) in [6, 6.07) is 0. The van der Waals surface area contributed by atoms with E-state index in [0.29, 0.717) is 19.3 Å². The van der Waals surface area contributed by atoms with Gasteiger partial charge in [-0.2, -0.15) is 23.7 Å². The largest absolute Gasteiger partial charge is 0.490 e. The van der Waals surface area contributed by atoms with E-state index in [0.717, 1.165) is 6.42 Å². The molecule has 0 aromatic heterocycles. The molecular formula is C16H38O24P6W2Y2-2. The van der Waals surface area contributed by atoms with E-state index in [9.17, 15) is 47.4 Å². The molecule has 0 spiro atoms. The summed E-state index contributed by atoms with van der Waals surface area (Å²) in [7, 11) is -32.3. The summed E-state index contributed by atoms with van der Waals surface area (Å²) >= 11 is 0. The first-order valence-electron chi connectivity index (χ1n) is 12.2. The molecule has 2 aliphatic heterocycles. The van der Waals surface area contributed by atoms with Gasteiger partial charge in [0.15, 0.2) is 0 Å². The van der Waals surface area contributed by atoms with Crippen LogP contribution < -0.4 is 0 Å². The number of aliphatic hydroxyl groups is 2. The molecule has 10 atom stereocenters. The van der Waals surface area contributed by atoms with Crippen LogP contribution in [0.15, 0.2) is 0 Å². The van der Waals surface area contributed by atoms with Crippen LogP contribution in [0.4, 0.5) is 0 Å². The molecule has 296 valence electrons. The van der Waals surface area contributed by atoms with Crippen molar-refractivity contribution in [3.8, 4) is 0 Å². The fraction of sp³-hybridized carbons (Fsp3) is 0.875. The van der Waals surface area contributed by atoms with Crippen molar-refractivity contribution in [2.45, 2.75) is 75.7 Å². The predicted octanol–water partition coefficient (Wildman–Crippen LogP) is 1.16. The standard InChI is InChI=1S/C8H19O12P3.C7H16O12P3.CH3.2W.2Y/c1-2-3-6-4-7(9)8(18-6)5-17-22(13,14)20-23(15,16)19-21(10,11)12;1-2-5-3-6(8)7(17-5)4-16-21(12,13)19-22(14,15)18-20(9,10)11;;;;;/h6-9H,2-5H2,1H3,(H,13,14)(H,15,16)(H2,10,11,12);5-8H,1-4H2,(H,12,13)(H,14,15)(H2,9,10,11);1H3;;;;/q;2*-1;;;;/t6-,7+,8+;5-,6+,7+;;;;;/m00...../s1. The van der Waals surface area contributed by atoms with Crippen molar-refractivity contribution in [3.63, 3.8) is 0 Å². The van der Waals surface area contributed by atoms with Crippen LogP contribution in [0.2, 0.25) is 0 Å². The van der Waals surface area contributed by atoms with Gasteiger partial charge in [-0.05, 0) is 12.8 Å². The molecule has 0 aliphatic carbocycles. The van der Waals surface area contributed by atoms with Gasteiger partial charge >= 0.3 is 46.9 Å². The van der Waals surface area contributed by atoms with Crippen molar-refractivity contribution in [1.29, 1.82) is 0 Å². The Morgan fingerprint density at radius 1 is 0.620 bits per heavy atom. The molecule has 10 N–H and O–H groups in total. The van der Waals surface area contributed by atoms with E-state index in [1.54, 1.807) is 0 Å². The summed E-state index contributed by atoms with van der Waals surface area (Å²) in [5.41, 5.74) is 0. The molecule has 2 fully saturated rings. The quantitative estimate of drug-likeness (QED) is 0.0721. The van der Waals surface area contributed by atoms with Crippen molar-refractivity contribution < 1.29 is 220 Å². The van der Waals surface area contributed by atoms with E-state index in [4.69, 9.17) is 38.8 Å². The topological polar surface area (TPSA) is 379 Å². The van der Waals surface area contributed by atoms with Crippen LogP contribution in [-0.4, -0.2) is 99.2 Å². The Balaban J connectivity index is -0.000000246. The van der Waals surface area contributed by atoms with Crippen molar-refractivity contribution in [3.05, 3.63) is 14.4 Å². The maximum atomic E-state index is 11.5. The third-order valence-corrected chi connectivity index (χ3v) is 12.8. The fourth-order valence-corrected chi connectivity index (χ4v) is 9.63. The molecule has 2 rings (SSSR count). The summed E-state index contributed by atoms with van der Waals surface area (Å²) in [6.45, 7) is 4.17. The van der Waals surface area contributed by atoms with Gasteiger partial charge in [0.1, 0.15) is 12.2 Å². The van der Waals surface area contributed by atoms with Gasteiger partial charge in [0.25, 0.3) is 0 Å². The zero-order valence-corrected chi connectivity index (χ0v) is 42.9. The van der Waals surface area contributed by atoms with Gasteiger partial charge in [-0.1, -0.05) is 13.3 Å². The van der Waals surface area contributed by atoms with E-state index < -0.39 is 84.6 Å². The molecule has 0 amide bonds. The smallest absolute Gasteiger partial charge is 0.390 e. The van der Waals surface area contributed by atoms with Crippen LogP contribution in [-0.2, 0) is 171 Å². The van der Waals surface area contributed by atoms with E-state index >= 15 is 0 Å². The molecule has 0 aromatic carbocycles. The monoisotopic (exact) mass is 1350 g/mol. The minimum Gasteiger partial charge on any atom is -0.390 e. The molecule has 0 saturated carbocycles. The van der Waals surface area contributed by atoms with Gasteiger partial charge < -0.3 is 73.2 Å². The van der Waals surface area contributed by atoms with Gasteiger partial charge in [0, 0.05) is 120 Å². The molecule has 0 bridgehead atoms. The van der Waals surface area contributed by atoms with Crippen molar-refractivity contribution in [2.24, 2.45) is 0 Å². The zero-order chi connectivity index (χ0) is 35.1. The van der Waals surface area contributed by atoms with Crippen molar-refractivity contribution in [2.75, 3.05) is 13.2 Å². The van der Waals surface area contributed by atoms with E-state index in [1.807, 2.05) is 6.92 Å². The Labute approximate surface area is 366 Å². The van der Waals surface area contributed by atoms with E-state index in [2.05, 4.69) is 33.2 Å². The first-order chi connectivity index (χ1) is 20.2. The van der Waals surface area contributed by atoms with Gasteiger partial charge in [-0.25, -0.2) is 27.4 Å². The van der Waals surface area contributed by atoms with Gasteiger partial charge in [-0.3, -0.25) is 9.05 Å². The van der Waals surface area contributed by atoms with Crippen LogP contribution >= 0.6 is 46.9 Å². The van der Waals surface area contributed by atoms with E-state index in [-0.39, 0.29) is 134 Å². The third-order valence-electron chi connectivity index (χ3n) is 5.17. The minimum atomic E-state index is -5.54. The SMILES string of the molecule is CCC[C@H]1C[C@@H](O)[C@@H](COP(=O)(O)OP(=O)(O)OP(=O)(O)O)O1.[CH2-]C[C@H]1C[C@@H](O)[C@@H](COP(=O)(O)OP(=O)(O)OP(=O)(O)O)O1.[CH3-].[W].[W].[Y].[Y]. The van der Waals surface area contributed by atoms with Crippen LogP contribution in [0.25, 0.3) is 0 Å². The van der Waals surface area contributed by atoms with Crippen LogP contribution in [0.3, 0.4) is 0 Å². The Morgan fingerprint density at radius 2 is 0.940 bits per heavy atom. The van der Waals surface area contributed by atoms with Gasteiger partial charge in [0.2, 0.25) is 0 Å². The molecule has 2 aliphatic rings. The van der Waals surface area contributed by atoms with Gasteiger partial charge in [-0.15, -0.1) is 0 Å². The van der Waals surface area contributed by atoms with Gasteiger partial charge in [0.05, 0.1) is 31.5 Å². The summed E-state index contributed by atoms with van der Waals surface area (Å²) in [6.07, 6.45) is -2.16. The molecule has 2 saturated heterocycles. The number of hydrogen-bond acceptors (Lipinski definition) is 16. The Bertz CT molecular complexity index is 1260. The maximum Gasteiger partial charge on any atom is 0.490 e. The average molecular weight is 1350 g/mol. The summed E-state index contributed by atoms with van der Waals surface area (Å²) in [4.78, 5) is 69.8. The number of phosphoric acid groups is 6. The van der Waals surface area contributed by atoms with Crippen LogP contribution in [0.5, 0.6) is 0 Å². The predicted molar refractivity (Wildman–Crippen MR) is 149 cm³/mol. The van der Waals surface area contributed by atoms with Crippen LogP contribution in [0, 0.1) is 14.4 Å². The molecule has 0 aromatic rings. The Hall–Kier alpha value is 4.24. The number of phosphoric ester groups is 2. The Morgan fingerprint density at radius 3 is 1.22 bits per heavy atom. The Kier molecular flexibility index (Phi) is 34.4. The second-order valence-electron chi connectivity index (χ2n) is 9.05. The van der Waals surface area contributed by atoms with Crippen LogP contribution in [0.1, 0.15) is 39.0 Å². The molecule has 2 radical (unpaired) electrons. The molecular weight excluding hydrogens is 1310 g/mol. The van der Waals surface area contributed by atoms with Crippen molar-refractivity contribution >= 4 is 46.9 Å². The first-order valence-corrected chi connectivity index (χ1v) is 21.2. The summed E-state index contributed by atoms with van der Waals surface area (Å²) in [5, 5.41) is 19.3. The number of aliphatic hydroxyl groups excluding tert-OH is 2. The molecule has 50 heavy (non-hydrogen) atoms. The summed E-state index contributed by atoms with van der Waals surface area (Å²) < 4.78 is 99.5. The second kappa shape index (κ2) is 27.1. The molecule has 34 heteroatoms. The number of ether oxygens (including phenoxy) is 2. The molecule has 24 nitrogen and oxygen atoms in total. The third kappa shape index (κ3) is 28.6. The summed E-state index contributed by atoms with van der Waals surface area (Å²) in [5.74, 6) is 0. The second-order valence-corrected chi connectivity index (χ2v) is 17.9. The number of rotatable bonds is 17. The molecule has 4 unspecified atom stereocenters. The maximum absolute atomic E-state index is 11.5. The average Bonchev–Trinajstić information content (AvgIpc) is 3.33.